The van der Waals surface area contributed by atoms with Gasteiger partial charge < -0.3 is 20.0 Å². The van der Waals surface area contributed by atoms with E-state index < -0.39 is 11.8 Å². The minimum Gasteiger partial charge on any atom is -0.334 e. The van der Waals surface area contributed by atoms with Gasteiger partial charge in [0.1, 0.15) is 11.6 Å². The molecule has 0 bridgehead atoms. The second kappa shape index (κ2) is 9.97. The summed E-state index contributed by atoms with van der Waals surface area (Å²) < 4.78 is 26.1. The van der Waals surface area contributed by atoms with Crippen molar-refractivity contribution in [3.05, 3.63) is 71.3 Å². The van der Waals surface area contributed by atoms with Crippen molar-refractivity contribution in [2.45, 2.75) is 32.0 Å². The number of likely N-dealkylation sites (tertiary alicyclic amines) is 1. The Morgan fingerprint density at radius 3 is 2.00 bits per heavy atom. The number of urea groups is 1. The van der Waals surface area contributed by atoms with E-state index in [2.05, 4.69) is 5.32 Å². The number of hydrogen-bond acceptors (Lipinski definition) is 3. The standard InChI is InChI=1S/C24H26F2N4O3/c25-19-5-1-17(2-6-19)15-27-24(33)28-11-9-21(10-12-28)30-14-13-29(22(31)23(30)32)16-18-3-7-20(26)8-4-18/h1-8,21H,9-16H2,(H,27,33). The van der Waals surface area contributed by atoms with Crippen LogP contribution in [-0.2, 0) is 22.7 Å². The van der Waals surface area contributed by atoms with Crippen molar-refractivity contribution in [1.82, 2.24) is 20.0 Å². The second-order valence-corrected chi connectivity index (χ2v) is 8.36. The lowest BCUT2D eigenvalue weighted by molar-refractivity contribution is -0.158. The molecule has 4 rings (SSSR count). The summed E-state index contributed by atoms with van der Waals surface area (Å²) in [6.07, 6.45) is 1.20. The van der Waals surface area contributed by atoms with E-state index in [-0.39, 0.29) is 30.3 Å². The molecule has 9 heteroatoms. The first-order chi connectivity index (χ1) is 15.9. The molecular formula is C24H26F2N4O3. The van der Waals surface area contributed by atoms with Gasteiger partial charge in [-0.2, -0.15) is 0 Å². The Balaban J connectivity index is 1.25. The average Bonchev–Trinajstić information content (AvgIpc) is 2.83. The number of nitrogens with zero attached hydrogens (tertiary/aromatic N) is 3. The summed E-state index contributed by atoms with van der Waals surface area (Å²) in [4.78, 5) is 42.6. The van der Waals surface area contributed by atoms with Gasteiger partial charge in [0.05, 0.1) is 0 Å². The van der Waals surface area contributed by atoms with Crippen molar-refractivity contribution < 1.29 is 23.2 Å². The lowest BCUT2D eigenvalue weighted by Gasteiger charge is -2.42. The molecule has 0 saturated carbocycles. The number of carbonyl (C=O) groups excluding carboxylic acids is 3. The maximum Gasteiger partial charge on any atom is 0.317 e. The van der Waals surface area contributed by atoms with Crippen molar-refractivity contribution in [3.63, 3.8) is 0 Å². The number of nitrogens with one attached hydrogen (secondary N) is 1. The predicted molar refractivity (Wildman–Crippen MR) is 117 cm³/mol. The van der Waals surface area contributed by atoms with Crippen molar-refractivity contribution in [1.29, 1.82) is 0 Å². The molecule has 0 aromatic heterocycles. The summed E-state index contributed by atoms with van der Waals surface area (Å²) in [5, 5.41) is 2.83. The highest BCUT2D eigenvalue weighted by Gasteiger charge is 2.37. The Kier molecular flexibility index (Phi) is 6.86. The number of rotatable bonds is 5. The van der Waals surface area contributed by atoms with Crippen LogP contribution in [0.15, 0.2) is 48.5 Å². The molecule has 2 aliphatic rings. The maximum absolute atomic E-state index is 13.1. The van der Waals surface area contributed by atoms with Crippen LogP contribution in [0.2, 0.25) is 0 Å². The Morgan fingerprint density at radius 2 is 1.39 bits per heavy atom. The number of hydrogen-bond donors (Lipinski definition) is 1. The summed E-state index contributed by atoms with van der Waals surface area (Å²) in [5.74, 6) is -1.74. The van der Waals surface area contributed by atoms with Crippen LogP contribution in [0.25, 0.3) is 0 Å². The van der Waals surface area contributed by atoms with E-state index in [9.17, 15) is 23.2 Å². The van der Waals surface area contributed by atoms with Crippen LogP contribution in [0, 0.1) is 11.6 Å². The number of piperazine rings is 1. The van der Waals surface area contributed by atoms with Crippen molar-refractivity contribution in [2.24, 2.45) is 0 Å². The molecule has 0 atom stereocenters. The van der Waals surface area contributed by atoms with Gasteiger partial charge in [0.2, 0.25) is 0 Å². The first kappa shape index (κ1) is 22.7. The van der Waals surface area contributed by atoms with Gasteiger partial charge in [-0.1, -0.05) is 24.3 Å². The van der Waals surface area contributed by atoms with Crippen molar-refractivity contribution in [2.75, 3.05) is 26.2 Å². The van der Waals surface area contributed by atoms with Crippen LogP contribution < -0.4 is 5.32 Å². The average molecular weight is 456 g/mol. The van der Waals surface area contributed by atoms with Gasteiger partial charge in [-0.15, -0.1) is 0 Å². The molecule has 2 aliphatic heterocycles. The lowest BCUT2D eigenvalue weighted by Crippen LogP contribution is -2.59. The van der Waals surface area contributed by atoms with E-state index in [0.29, 0.717) is 45.6 Å². The quantitative estimate of drug-likeness (QED) is 0.703. The lowest BCUT2D eigenvalue weighted by atomic mass is 10.0. The molecule has 4 amide bonds. The van der Waals surface area contributed by atoms with Crippen molar-refractivity contribution >= 4 is 17.8 Å². The molecule has 1 N–H and O–H groups in total. The third kappa shape index (κ3) is 5.47. The van der Waals surface area contributed by atoms with E-state index >= 15 is 0 Å². The van der Waals surface area contributed by atoms with Gasteiger partial charge in [-0.3, -0.25) is 9.59 Å². The third-order valence-corrected chi connectivity index (χ3v) is 6.18. The molecule has 2 saturated heterocycles. The predicted octanol–water partition coefficient (Wildman–Crippen LogP) is 2.51. The first-order valence-corrected chi connectivity index (χ1v) is 11.0. The fourth-order valence-corrected chi connectivity index (χ4v) is 4.27. The molecule has 2 fully saturated rings. The maximum atomic E-state index is 13.1. The normalized spacial score (nSPS) is 17.5. The Bertz CT molecular complexity index is 1010. The number of halogens is 2. The topological polar surface area (TPSA) is 73.0 Å². The molecule has 33 heavy (non-hydrogen) atoms. The molecule has 0 radical (unpaired) electrons. The molecule has 174 valence electrons. The van der Waals surface area contributed by atoms with Gasteiger partial charge >= 0.3 is 17.8 Å². The summed E-state index contributed by atoms with van der Waals surface area (Å²) in [5.41, 5.74) is 1.58. The van der Waals surface area contributed by atoms with Crippen LogP contribution in [0.3, 0.4) is 0 Å². The molecule has 0 unspecified atom stereocenters. The SMILES string of the molecule is O=C(NCc1ccc(F)cc1)N1CCC(N2CCN(Cc3ccc(F)cc3)C(=O)C2=O)CC1. The smallest absolute Gasteiger partial charge is 0.317 e. The summed E-state index contributed by atoms with van der Waals surface area (Å²) in [7, 11) is 0. The minimum atomic E-state index is -0.551. The molecule has 0 aliphatic carbocycles. The first-order valence-electron chi connectivity index (χ1n) is 11.0. The highest BCUT2D eigenvalue weighted by molar-refractivity contribution is 6.35. The van der Waals surface area contributed by atoms with E-state index in [0.717, 1.165) is 11.1 Å². The zero-order valence-corrected chi connectivity index (χ0v) is 18.2. The second-order valence-electron chi connectivity index (χ2n) is 8.36. The molecular weight excluding hydrogens is 430 g/mol. The fraction of sp³-hybridized carbons (Fsp3) is 0.375. The minimum absolute atomic E-state index is 0.0874. The number of piperidine rings is 1. The highest BCUT2D eigenvalue weighted by Crippen LogP contribution is 2.21. The highest BCUT2D eigenvalue weighted by atomic mass is 19.1. The zero-order valence-electron chi connectivity index (χ0n) is 18.2. The summed E-state index contributed by atoms with van der Waals surface area (Å²) in [6.45, 7) is 2.40. The van der Waals surface area contributed by atoms with Crippen molar-refractivity contribution in [3.8, 4) is 0 Å². The number of benzene rings is 2. The third-order valence-electron chi connectivity index (χ3n) is 6.18. The summed E-state index contributed by atoms with van der Waals surface area (Å²) >= 11 is 0. The largest absolute Gasteiger partial charge is 0.334 e. The van der Waals surface area contributed by atoms with Gasteiger partial charge in [0.25, 0.3) is 0 Å². The van der Waals surface area contributed by atoms with E-state index in [1.165, 1.54) is 29.2 Å². The Hall–Kier alpha value is -3.49. The molecule has 2 heterocycles. The molecule has 2 aromatic carbocycles. The van der Waals surface area contributed by atoms with Crippen LogP contribution in [0.5, 0.6) is 0 Å². The molecule has 2 aromatic rings. The van der Waals surface area contributed by atoms with Crippen LogP contribution in [-0.4, -0.2) is 64.8 Å². The van der Waals surface area contributed by atoms with Crippen LogP contribution in [0.4, 0.5) is 13.6 Å². The van der Waals surface area contributed by atoms with Crippen LogP contribution in [0.1, 0.15) is 24.0 Å². The van der Waals surface area contributed by atoms with E-state index in [4.69, 9.17) is 0 Å². The Morgan fingerprint density at radius 1 is 0.818 bits per heavy atom. The molecule has 7 nitrogen and oxygen atoms in total. The zero-order chi connectivity index (χ0) is 23.4. The van der Waals surface area contributed by atoms with E-state index in [1.807, 2.05) is 0 Å². The van der Waals surface area contributed by atoms with Crippen LogP contribution >= 0.6 is 0 Å². The Labute approximate surface area is 191 Å². The van der Waals surface area contributed by atoms with Gasteiger partial charge in [-0.05, 0) is 48.2 Å². The molecule has 0 spiro atoms. The van der Waals surface area contributed by atoms with E-state index in [1.54, 1.807) is 34.1 Å². The summed E-state index contributed by atoms with van der Waals surface area (Å²) in [6, 6.07) is 11.5. The number of carbonyl (C=O) groups is 3. The van der Waals surface area contributed by atoms with Gasteiger partial charge in [0, 0.05) is 45.3 Å². The van der Waals surface area contributed by atoms with Gasteiger partial charge in [-0.25, -0.2) is 13.6 Å². The monoisotopic (exact) mass is 456 g/mol. The number of amides is 4. The fourth-order valence-electron chi connectivity index (χ4n) is 4.27. The van der Waals surface area contributed by atoms with Gasteiger partial charge in [0.15, 0.2) is 0 Å².